The molecule has 1 heterocycles. The molecule has 1 aliphatic carbocycles. The van der Waals surface area contributed by atoms with Gasteiger partial charge in [-0.1, -0.05) is 6.92 Å². The van der Waals surface area contributed by atoms with Crippen LogP contribution in [0.5, 0.6) is 0 Å². The summed E-state index contributed by atoms with van der Waals surface area (Å²) in [7, 11) is 0. The molecule has 13 heavy (non-hydrogen) atoms. The summed E-state index contributed by atoms with van der Waals surface area (Å²) < 4.78 is 0. The van der Waals surface area contributed by atoms with Crippen molar-refractivity contribution in [2.75, 3.05) is 0 Å². The van der Waals surface area contributed by atoms with Gasteiger partial charge in [0.2, 0.25) is 0 Å². The first-order valence-electron chi connectivity index (χ1n) is 5.14. The van der Waals surface area contributed by atoms with Crippen molar-refractivity contribution in [3.8, 4) is 0 Å². The normalized spacial score (nSPS) is 21.5. The number of aryl methyl sites for hydroxylation is 2. The highest BCUT2D eigenvalue weighted by Gasteiger charge is 2.20. The van der Waals surface area contributed by atoms with E-state index >= 15 is 0 Å². The molecule has 1 aromatic rings. The van der Waals surface area contributed by atoms with Crippen molar-refractivity contribution in [3.63, 3.8) is 0 Å². The molecular formula is C10H17N3. The van der Waals surface area contributed by atoms with E-state index in [0.717, 1.165) is 37.2 Å². The number of aromatic amines is 1. The highest BCUT2D eigenvalue weighted by atomic mass is 15.0. The second-order valence-electron chi connectivity index (χ2n) is 3.80. The summed E-state index contributed by atoms with van der Waals surface area (Å²) in [4.78, 5) is 7.91. The zero-order valence-corrected chi connectivity index (χ0v) is 8.14. The second kappa shape index (κ2) is 3.50. The molecule has 3 nitrogen and oxygen atoms in total. The summed E-state index contributed by atoms with van der Waals surface area (Å²) in [5.41, 5.74) is 8.37. The van der Waals surface area contributed by atoms with Crippen LogP contribution >= 0.6 is 0 Å². The lowest BCUT2D eigenvalue weighted by Crippen LogP contribution is -2.17. The first-order chi connectivity index (χ1) is 6.31. The zero-order chi connectivity index (χ0) is 9.26. The number of imidazole rings is 1. The van der Waals surface area contributed by atoms with Crippen LogP contribution in [0.15, 0.2) is 0 Å². The Balaban J connectivity index is 2.25. The molecule has 2 rings (SSSR count). The Morgan fingerprint density at radius 2 is 2.46 bits per heavy atom. The van der Waals surface area contributed by atoms with E-state index in [0.29, 0.717) is 0 Å². The minimum atomic E-state index is 0.172. The lowest BCUT2D eigenvalue weighted by Gasteiger charge is -2.15. The number of nitrogens with one attached hydrogen (secondary N) is 1. The molecule has 1 unspecified atom stereocenters. The second-order valence-corrected chi connectivity index (χ2v) is 3.80. The number of rotatable bonds is 2. The van der Waals surface area contributed by atoms with Crippen molar-refractivity contribution < 1.29 is 0 Å². The van der Waals surface area contributed by atoms with E-state index in [2.05, 4.69) is 16.9 Å². The number of aromatic nitrogens is 2. The number of hydrogen-bond acceptors (Lipinski definition) is 2. The van der Waals surface area contributed by atoms with Gasteiger partial charge < -0.3 is 10.7 Å². The number of nitrogens with two attached hydrogens (primary N) is 1. The number of hydrogen-bond donors (Lipinski definition) is 2. The number of nitrogens with zero attached hydrogens (tertiary/aromatic N) is 1. The fourth-order valence-corrected chi connectivity index (χ4v) is 1.97. The van der Waals surface area contributed by atoms with Gasteiger partial charge >= 0.3 is 0 Å². The van der Waals surface area contributed by atoms with E-state index in [1.165, 1.54) is 12.1 Å². The maximum atomic E-state index is 5.97. The monoisotopic (exact) mass is 179 g/mol. The fourth-order valence-electron chi connectivity index (χ4n) is 1.97. The molecule has 0 aliphatic heterocycles. The van der Waals surface area contributed by atoms with Gasteiger partial charge in [0.25, 0.3) is 0 Å². The number of fused-ring (bicyclic) bond motifs is 1. The molecule has 72 valence electrons. The standard InChI is InChI=1S/C10H17N3/c1-2-4-9-12-8-6-3-5-7(11)10(8)13-9/h7H,2-6,11H2,1H3,(H,12,13). The summed E-state index contributed by atoms with van der Waals surface area (Å²) in [6.45, 7) is 2.17. The molecule has 0 saturated heterocycles. The molecule has 3 heteroatoms. The summed E-state index contributed by atoms with van der Waals surface area (Å²) >= 11 is 0. The van der Waals surface area contributed by atoms with E-state index in [4.69, 9.17) is 5.73 Å². The van der Waals surface area contributed by atoms with Gasteiger partial charge in [-0.05, 0) is 25.7 Å². The third-order valence-electron chi connectivity index (χ3n) is 2.64. The minimum Gasteiger partial charge on any atom is -0.346 e. The molecule has 1 aromatic heterocycles. The van der Waals surface area contributed by atoms with Crippen molar-refractivity contribution in [1.82, 2.24) is 9.97 Å². The Bertz CT molecular complexity index is 290. The average Bonchev–Trinajstić information content (AvgIpc) is 2.49. The van der Waals surface area contributed by atoms with Crippen LogP contribution in [0.4, 0.5) is 0 Å². The van der Waals surface area contributed by atoms with Crippen LogP contribution < -0.4 is 5.73 Å². The van der Waals surface area contributed by atoms with Crippen LogP contribution in [0.3, 0.4) is 0 Å². The minimum absolute atomic E-state index is 0.172. The molecule has 0 fully saturated rings. The number of H-pyrrole nitrogens is 1. The fraction of sp³-hybridized carbons (Fsp3) is 0.700. The summed E-state index contributed by atoms with van der Waals surface area (Å²) in [6, 6.07) is 0.172. The highest BCUT2D eigenvalue weighted by Crippen LogP contribution is 2.25. The van der Waals surface area contributed by atoms with Gasteiger partial charge in [0.1, 0.15) is 5.82 Å². The summed E-state index contributed by atoms with van der Waals surface area (Å²) in [5, 5.41) is 0. The lowest BCUT2D eigenvalue weighted by molar-refractivity contribution is 0.555. The largest absolute Gasteiger partial charge is 0.346 e. The van der Waals surface area contributed by atoms with Crippen molar-refractivity contribution in [2.24, 2.45) is 5.73 Å². The van der Waals surface area contributed by atoms with Gasteiger partial charge in [0, 0.05) is 18.2 Å². The van der Waals surface area contributed by atoms with Gasteiger partial charge in [0.05, 0.1) is 5.69 Å². The van der Waals surface area contributed by atoms with Crippen molar-refractivity contribution in [3.05, 3.63) is 17.2 Å². The van der Waals surface area contributed by atoms with E-state index in [-0.39, 0.29) is 6.04 Å². The van der Waals surface area contributed by atoms with Crippen LogP contribution in [-0.2, 0) is 12.8 Å². The quantitative estimate of drug-likeness (QED) is 0.726. The maximum Gasteiger partial charge on any atom is 0.106 e. The molecule has 3 N–H and O–H groups in total. The van der Waals surface area contributed by atoms with E-state index in [9.17, 15) is 0 Å². The third-order valence-corrected chi connectivity index (χ3v) is 2.64. The van der Waals surface area contributed by atoms with Crippen LogP contribution in [0.2, 0.25) is 0 Å². The molecule has 1 atom stereocenters. The topological polar surface area (TPSA) is 54.7 Å². The van der Waals surface area contributed by atoms with Crippen LogP contribution in [-0.4, -0.2) is 9.97 Å². The Labute approximate surface area is 78.7 Å². The predicted molar refractivity (Wildman–Crippen MR) is 52.4 cm³/mol. The molecule has 1 aliphatic rings. The summed E-state index contributed by atoms with van der Waals surface area (Å²) in [6.07, 6.45) is 5.59. The maximum absolute atomic E-state index is 5.97. The first-order valence-corrected chi connectivity index (χ1v) is 5.14. The molecular weight excluding hydrogens is 162 g/mol. The van der Waals surface area contributed by atoms with Gasteiger partial charge in [0.15, 0.2) is 0 Å². The van der Waals surface area contributed by atoms with Crippen molar-refractivity contribution in [2.45, 2.75) is 45.1 Å². The molecule has 0 spiro atoms. The van der Waals surface area contributed by atoms with Gasteiger partial charge in [-0.2, -0.15) is 0 Å². The van der Waals surface area contributed by atoms with E-state index in [1.807, 2.05) is 0 Å². The Kier molecular flexibility index (Phi) is 2.36. The Morgan fingerprint density at radius 3 is 3.15 bits per heavy atom. The molecule has 0 aromatic carbocycles. The lowest BCUT2D eigenvalue weighted by atomic mass is 9.97. The Hall–Kier alpha value is -0.830. The van der Waals surface area contributed by atoms with E-state index in [1.54, 1.807) is 0 Å². The van der Waals surface area contributed by atoms with E-state index < -0.39 is 0 Å². The smallest absolute Gasteiger partial charge is 0.106 e. The first kappa shape index (κ1) is 8.75. The molecule has 0 radical (unpaired) electrons. The Morgan fingerprint density at radius 1 is 1.62 bits per heavy atom. The molecule has 0 amide bonds. The van der Waals surface area contributed by atoms with Crippen molar-refractivity contribution in [1.29, 1.82) is 0 Å². The molecule has 0 bridgehead atoms. The average molecular weight is 179 g/mol. The van der Waals surface area contributed by atoms with Gasteiger partial charge in [-0.3, -0.25) is 0 Å². The highest BCUT2D eigenvalue weighted by molar-refractivity contribution is 5.21. The van der Waals surface area contributed by atoms with Crippen LogP contribution in [0.1, 0.15) is 49.4 Å². The molecule has 0 saturated carbocycles. The SMILES string of the molecule is CCCc1nc2c([nH]1)CCCC2N. The van der Waals surface area contributed by atoms with Crippen molar-refractivity contribution >= 4 is 0 Å². The van der Waals surface area contributed by atoms with Crippen LogP contribution in [0, 0.1) is 0 Å². The summed E-state index contributed by atoms with van der Waals surface area (Å²) in [5.74, 6) is 1.12. The van der Waals surface area contributed by atoms with Gasteiger partial charge in [-0.15, -0.1) is 0 Å². The van der Waals surface area contributed by atoms with Gasteiger partial charge in [-0.25, -0.2) is 4.98 Å². The van der Waals surface area contributed by atoms with Crippen LogP contribution in [0.25, 0.3) is 0 Å². The zero-order valence-electron chi connectivity index (χ0n) is 8.14. The third kappa shape index (κ3) is 1.61. The predicted octanol–water partition coefficient (Wildman–Crippen LogP) is 1.70.